The number of hydrogen-bond donors (Lipinski definition) is 2. The Labute approximate surface area is 130 Å². The molecular weight excluding hydrogens is 272 g/mol. The lowest BCUT2D eigenvalue weighted by Gasteiger charge is -2.21. The smallest absolute Gasteiger partial charge is 0.133 e. The molecule has 0 aromatic heterocycles. The first-order valence-electron chi connectivity index (χ1n) is 7.85. The highest BCUT2D eigenvalue weighted by Crippen LogP contribution is 2.14. The number of thiol groups is 1. The van der Waals surface area contributed by atoms with Crippen LogP contribution in [0.2, 0.25) is 0 Å². The fourth-order valence-corrected chi connectivity index (χ4v) is 2.52. The summed E-state index contributed by atoms with van der Waals surface area (Å²) in [6.07, 6.45) is 11.5. The van der Waals surface area contributed by atoms with E-state index in [1.807, 2.05) is 0 Å². The van der Waals surface area contributed by atoms with Crippen molar-refractivity contribution < 1.29 is 0 Å². The molecule has 1 aliphatic rings. The molecule has 0 spiro atoms. The highest BCUT2D eigenvalue weighted by atomic mass is 32.1. The van der Waals surface area contributed by atoms with Crippen LogP contribution in [0, 0.1) is 0 Å². The van der Waals surface area contributed by atoms with Gasteiger partial charge >= 0.3 is 0 Å². The molecule has 114 valence electrons. The summed E-state index contributed by atoms with van der Waals surface area (Å²) in [7, 11) is 0. The summed E-state index contributed by atoms with van der Waals surface area (Å²) >= 11 is 9.23. The lowest BCUT2D eigenvalue weighted by atomic mass is 9.97. The molecule has 1 rings (SSSR count). The summed E-state index contributed by atoms with van der Waals surface area (Å²) in [5, 5.41) is 0. The van der Waals surface area contributed by atoms with Gasteiger partial charge in [-0.3, -0.25) is 0 Å². The molecule has 1 saturated carbocycles. The minimum Gasteiger partial charge on any atom is -0.358 e. The molecule has 0 saturated heterocycles. The average molecular weight is 305 g/mol. The van der Waals surface area contributed by atoms with E-state index in [0.717, 1.165) is 17.4 Å². The van der Waals surface area contributed by atoms with Crippen LogP contribution < -0.4 is 5.73 Å². The summed E-state index contributed by atoms with van der Waals surface area (Å²) in [6.45, 7) is 6.52. The monoisotopic (exact) mass is 304 g/mol. The van der Waals surface area contributed by atoms with E-state index in [1.165, 1.54) is 57.8 Å². The molecule has 2 N–H and O–H groups in total. The summed E-state index contributed by atoms with van der Waals surface area (Å²) in [5.74, 6) is 0. The van der Waals surface area contributed by atoms with Gasteiger partial charge in [-0.25, -0.2) is 0 Å². The van der Waals surface area contributed by atoms with Crippen LogP contribution in [0.1, 0.15) is 71.6 Å². The summed E-state index contributed by atoms with van der Waals surface area (Å²) < 4.78 is 0.747. The highest BCUT2D eigenvalue weighted by Gasteiger charge is 2.06. The molecule has 19 heavy (non-hydrogen) atoms. The van der Waals surface area contributed by atoms with Crippen molar-refractivity contribution in [2.45, 2.75) is 77.7 Å². The predicted molar refractivity (Wildman–Crippen MR) is 94.0 cm³/mol. The fraction of sp³-hybridized carbons (Fsp3) is 0.933. The molecule has 4 heteroatoms. The van der Waals surface area contributed by atoms with Crippen molar-refractivity contribution in [3.05, 3.63) is 0 Å². The van der Waals surface area contributed by atoms with E-state index in [1.54, 1.807) is 0 Å². The minimum atomic E-state index is 0.536. The average Bonchev–Trinajstić information content (AvgIpc) is 2.40. The fourth-order valence-electron chi connectivity index (χ4n) is 2.14. The molecule has 2 nitrogen and oxygen atoms in total. The molecular formula is C15H32N2S2. The standard InChI is InChI=1S/C9H19NS2.C6H13N/c1-3-5-7-10(9(11)12)8-6-4-2;7-6-4-2-1-3-5-6/h3-8H2,1-2H3,(H,11,12);6H,1-5,7H2. The largest absolute Gasteiger partial charge is 0.358 e. The summed E-state index contributed by atoms with van der Waals surface area (Å²) in [4.78, 5) is 2.19. The number of unbranched alkanes of at least 4 members (excludes halogenated alkanes) is 2. The second kappa shape index (κ2) is 13.2. The van der Waals surface area contributed by atoms with E-state index in [-0.39, 0.29) is 0 Å². The van der Waals surface area contributed by atoms with Crippen molar-refractivity contribution in [3.8, 4) is 0 Å². The van der Waals surface area contributed by atoms with Gasteiger partial charge in [0.15, 0.2) is 0 Å². The molecule has 0 bridgehead atoms. The molecule has 0 amide bonds. The number of nitrogens with zero attached hydrogens (tertiary/aromatic N) is 1. The quantitative estimate of drug-likeness (QED) is 0.563. The van der Waals surface area contributed by atoms with Crippen molar-refractivity contribution in [2.24, 2.45) is 5.73 Å². The zero-order valence-corrected chi connectivity index (χ0v) is 14.4. The van der Waals surface area contributed by atoms with Gasteiger partial charge in [-0.1, -0.05) is 58.2 Å². The van der Waals surface area contributed by atoms with Gasteiger partial charge < -0.3 is 10.6 Å². The van der Waals surface area contributed by atoms with Gasteiger partial charge in [0.25, 0.3) is 0 Å². The van der Waals surface area contributed by atoms with Crippen LogP contribution >= 0.6 is 24.8 Å². The molecule has 0 aromatic carbocycles. The van der Waals surface area contributed by atoms with E-state index in [0.29, 0.717) is 6.04 Å². The van der Waals surface area contributed by atoms with Crippen LogP contribution in [-0.4, -0.2) is 28.4 Å². The normalized spacial score (nSPS) is 15.6. The van der Waals surface area contributed by atoms with E-state index in [9.17, 15) is 0 Å². The molecule has 1 fully saturated rings. The first-order valence-corrected chi connectivity index (χ1v) is 8.70. The number of nitrogens with two attached hydrogens (primary N) is 1. The number of rotatable bonds is 6. The maximum atomic E-state index is 5.63. The van der Waals surface area contributed by atoms with Crippen LogP contribution in [0.3, 0.4) is 0 Å². The van der Waals surface area contributed by atoms with Crippen molar-refractivity contribution >= 4 is 29.2 Å². The first kappa shape index (κ1) is 19.2. The van der Waals surface area contributed by atoms with E-state index >= 15 is 0 Å². The zero-order chi connectivity index (χ0) is 14.5. The summed E-state index contributed by atoms with van der Waals surface area (Å²) in [5.41, 5.74) is 5.63. The third-order valence-electron chi connectivity index (χ3n) is 3.48. The Kier molecular flexibility index (Phi) is 13.3. The molecule has 0 unspecified atom stereocenters. The predicted octanol–water partition coefficient (Wildman–Crippen LogP) is 4.38. The number of hydrogen-bond acceptors (Lipinski definition) is 2. The van der Waals surface area contributed by atoms with Gasteiger partial charge in [-0.15, -0.1) is 12.6 Å². The zero-order valence-electron chi connectivity index (χ0n) is 12.7. The van der Waals surface area contributed by atoms with Crippen LogP contribution in [0.25, 0.3) is 0 Å². The van der Waals surface area contributed by atoms with Crippen molar-refractivity contribution in [1.29, 1.82) is 0 Å². The van der Waals surface area contributed by atoms with Crippen LogP contribution in [0.15, 0.2) is 0 Å². The summed E-state index contributed by atoms with van der Waals surface area (Å²) in [6, 6.07) is 0.536. The van der Waals surface area contributed by atoms with Gasteiger partial charge in [0.05, 0.1) is 0 Å². The second-order valence-electron chi connectivity index (χ2n) is 5.37. The third-order valence-corrected chi connectivity index (χ3v) is 4.02. The highest BCUT2D eigenvalue weighted by molar-refractivity contribution is 8.10. The lowest BCUT2D eigenvalue weighted by Crippen LogP contribution is -2.28. The van der Waals surface area contributed by atoms with Crippen molar-refractivity contribution in [2.75, 3.05) is 13.1 Å². The SMILES string of the molecule is CCCCN(CCCC)C(=S)S.NC1CCCCC1. The Bertz CT molecular complexity index is 208. The Morgan fingerprint density at radius 1 is 1.11 bits per heavy atom. The maximum Gasteiger partial charge on any atom is 0.133 e. The van der Waals surface area contributed by atoms with Crippen LogP contribution in [-0.2, 0) is 0 Å². The van der Waals surface area contributed by atoms with Crippen molar-refractivity contribution in [1.82, 2.24) is 4.90 Å². The molecule has 0 aromatic rings. The van der Waals surface area contributed by atoms with Crippen LogP contribution in [0.5, 0.6) is 0 Å². The minimum absolute atomic E-state index is 0.536. The maximum absolute atomic E-state index is 5.63. The molecule has 0 aliphatic heterocycles. The lowest BCUT2D eigenvalue weighted by molar-refractivity contribution is 0.411. The Balaban J connectivity index is 0.000000388. The van der Waals surface area contributed by atoms with Gasteiger partial charge in [0, 0.05) is 19.1 Å². The van der Waals surface area contributed by atoms with Gasteiger partial charge in [-0.2, -0.15) is 0 Å². The van der Waals surface area contributed by atoms with Crippen LogP contribution in [0.4, 0.5) is 0 Å². The van der Waals surface area contributed by atoms with E-state index in [2.05, 4.69) is 31.4 Å². The third kappa shape index (κ3) is 11.7. The van der Waals surface area contributed by atoms with E-state index in [4.69, 9.17) is 18.0 Å². The van der Waals surface area contributed by atoms with Crippen molar-refractivity contribution in [3.63, 3.8) is 0 Å². The molecule has 1 aliphatic carbocycles. The first-order chi connectivity index (χ1) is 9.11. The Hall–Kier alpha value is 0.200. The van der Waals surface area contributed by atoms with Gasteiger partial charge in [0.1, 0.15) is 4.32 Å². The van der Waals surface area contributed by atoms with Gasteiger partial charge in [0.2, 0.25) is 0 Å². The topological polar surface area (TPSA) is 29.3 Å². The second-order valence-corrected chi connectivity index (χ2v) is 6.49. The molecule has 0 atom stereocenters. The molecule has 0 heterocycles. The molecule has 0 radical (unpaired) electrons. The Morgan fingerprint density at radius 3 is 1.84 bits per heavy atom. The Morgan fingerprint density at radius 2 is 1.58 bits per heavy atom. The van der Waals surface area contributed by atoms with Gasteiger partial charge in [-0.05, 0) is 25.7 Å². The number of thiocarbonyl (C=S) groups is 1. The van der Waals surface area contributed by atoms with E-state index < -0.39 is 0 Å².